The fourth-order valence-corrected chi connectivity index (χ4v) is 11.9. The number of pyridine rings is 1. The Morgan fingerprint density at radius 1 is 0.495 bits per heavy atom. The first-order chi connectivity index (χ1) is 40.9. The first kappa shape index (κ1) is 88.2. The normalized spacial score (nSPS) is 16.8. The van der Waals surface area contributed by atoms with Gasteiger partial charge in [-0.25, -0.2) is 0 Å². The van der Waals surface area contributed by atoms with Crippen molar-refractivity contribution in [3.63, 3.8) is 0 Å². The van der Waals surface area contributed by atoms with Gasteiger partial charge in [0.25, 0.3) is 0 Å². The largest absolute Gasteiger partial charge is 4.00 e. The van der Waals surface area contributed by atoms with E-state index >= 15 is 0 Å². The Kier molecular flexibility index (Phi) is 37.4. The number of phenolic OH excluding ortho intramolecular Hbond substituents is 2. The Labute approximate surface area is 608 Å². The molecular formula is C85H122HfN4O2Zr. The fraction of sp³-hybridized carbons (Fsp3) is 0.471. The molecule has 0 spiro atoms. The first-order valence-electron chi connectivity index (χ1n) is 32.9. The molecule has 0 saturated heterocycles. The van der Waals surface area contributed by atoms with Crippen molar-refractivity contribution in [3.05, 3.63) is 236 Å². The van der Waals surface area contributed by atoms with Crippen molar-refractivity contribution >= 4 is 28.9 Å². The summed E-state index contributed by atoms with van der Waals surface area (Å²) < 4.78 is 0. The van der Waals surface area contributed by atoms with Crippen LogP contribution in [0.5, 0.6) is 11.5 Å². The van der Waals surface area contributed by atoms with Crippen LogP contribution >= 0.6 is 0 Å². The van der Waals surface area contributed by atoms with Gasteiger partial charge in [0.2, 0.25) is 0 Å². The van der Waals surface area contributed by atoms with Gasteiger partial charge in [-0.1, -0.05) is 260 Å². The maximum atomic E-state index is 10.8. The van der Waals surface area contributed by atoms with Gasteiger partial charge in [-0.05, 0) is 124 Å². The van der Waals surface area contributed by atoms with Crippen LogP contribution in [0.1, 0.15) is 275 Å². The predicted molar refractivity (Wildman–Crippen MR) is 402 cm³/mol. The number of aromatic hydroxyl groups is 2. The summed E-state index contributed by atoms with van der Waals surface area (Å²) in [5.74, 6) is 3.33. The monoisotopic (exact) mass is 1500 g/mol. The molecule has 93 heavy (non-hydrogen) atoms. The molecule has 9 rings (SSSR count). The Morgan fingerprint density at radius 2 is 0.892 bits per heavy atom. The van der Waals surface area contributed by atoms with Gasteiger partial charge in [-0.3, -0.25) is 15.0 Å². The van der Waals surface area contributed by atoms with E-state index in [0.717, 1.165) is 33.6 Å². The van der Waals surface area contributed by atoms with Crippen LogP contribution < -0.4 is 0 Å². The third-order valence-electron chi connectivity index (χ3n) is 17.6. The van der Waals surface area contributed by atoms with Gasteiger partial charge in [0, 0.05) is 46.6 Å². The molecule has 2 aliphatic carbocycles. The number of benzene rings is 6. The minimum Gasteiger partial charge on any atom is -0.673 e. The average molecular weight is 1500 g/mol. The summed E-state index contributed by atoms with van der Waals surface area (Å²) >= 11 is 0. The van der Waals surface area contributed by atoms with Crippen LogP contribution in [0.25, 0.3) is 16.1 Å². The van der Waals surface area contributed by atoms with E-state index in [9.17, 15) is 10.2 Å². The summed E-state index contributed by atoms with van der Waals surface area (Å²) in [6, 6.07) is 47.9. The molecule has 5 unspecified atom stereocenters. The molecule has 0 aliphatic heterocycles. The minimum atomic E-state index is -0.118. The molecule has 7 aromatic rings. The van der Waals surface area contributed by atoms with E-state index in [4.69, 9.17) is 20.3 Å². The van der Waals surface area contributed by atoms with Gasteiger partial charge in [-0.15, -0.1) is 22.5 Å². The average Bonchev–Trinajstić information content (AvgIpc) is 0.815. The molecule has 6 aromatic carbocycles. The topological polar surface area (TPSA) is 92.2 Å². The Morgan fingerprint density at radius 3 is 1.28 bits per heavy atom. The number of para-hydroxylation sites is 1. The summed E-state index contributed by atoms with van der Waals surface area (Å²) in [4.78, 5) is 14.4. The maximum Gasteiger partial charge on any atom is 4.00 e. The second kappa shape index (κ2) is 39.4. The van der Waals surface area contributed by atoms with Crippen molar-refractivity contribution in [2.45, 2.75) is 247 Å². The second-order valence-electron chi connectivity index (χ2n) is 30.1. The number of fused-ring (bicyclic) bond motifs is 1. The van der Waals surface area contributed by atoms with Crippen LogP contribution in [0.4, 0.5) is 5.69 Å². The van der Waals surface area contributed by atoms with Crippen LogP contribution in [0.15, 0.2) is 144 Å². The number of hydrogen-bond acceptors (Lipinski definition) is 5. The molecule has 6 nitrogen and oxygen atoms in total. The molecule has 1 heterocycles. The molecule has 5 atom stereocenters. The van der Waals surface area contributed by atoms with Crippen molar-refractivity contribution < 1.29 is 62.3 Å². The molecule has 0 bridgehead atoms. The molecule has 0 amide bonds. The van der Waals surface area contributed by atoms with Crippen LogP contribution in [0, 0.1) is 47.6 Å². The molecule has 502 valence electrons. The molecular weight excluding hydrogens is 1380 g/mol. The third kappa shape index (κ3) is 25.3. The van der Waals surface area contributed by atoms with Crippen molar-refractivity contribution in [1.29, 1.82) is 0 Å². The van der Waals surface area contributed by atoms with Crippen molar-refractivity contribution in [2.75, 3.05) is 0 Å². The van der Waals surface area contributed by atoms with E-state index < -0.39 is 0 Å². The molecule has 2 aliphatic rings. The van der Waals surface area contributed by atoms with Crippen molar-refractivity contribution in [3.8, 4) is 11.5 Å². The Hall–Kier alpha value is -4.78. The third-order valence-corrected chi connectivity index (χ3v) is 17.6. The van der Waals surface area contributed by atoms with Crippen LogP contribution in [0.3, 0.4) is 0 Å². The number of aliphatic imine (C=N–C) groups is 2. The second-order valence-corrected chi connectivity index (χ2v) is 30.1. The zero-order valence-electron chi connectivity index (χ0n) is 62.3. The summed E-state index contributed by atoms with van der Waals surface area (Å²) in [6.45, 7) is 44.3. The summed E-state index contributed by atoms with van der Waals surface area (Å²) in [5, 5.41) is 29.6. The van der Waals surface area contributed by atoms with E-state index in [-0.39, 0.29) is 109 Å². The van der Waals surface area contributed by atoms with Crippen LogP contribution in [0.2, 0.25) is 0 Å². The number of phenols is 2. The van der Waals surface area contributed by atoms with Crippen molar-refractivity contribution in [2.24, 2.45) is 21.8 Å². The van der Waals surface area contributed by atoms with Crippen molar-refractivity contribution in [1.82, 2.24) is 4.98 Å². The zero-order chi connectivity index (χ0) is 64.0. The molecule has 1 aromatic heterocycles. The van der Waals surface area contributed by atoms with E-state index in [1.807, 2.05) is 49.0 Å². The smallest absolute Gasteiger partial charge is 0.673 e. The van der Waals surface area contributed by atoms with E-state index in [1.54, 1.807) is 0 Å². The molecule has 2 N–H and O–H groups in total. The number of hydrogen-bond donors (Lipinski definition) is 2. The van der Waals surface area contributed by atoms with Gasteiger partial charge < -0.3 is 45.2 Å². The quantitative estimate of drug-likeness (QED) is 0.0768. The Bertz CT molecular complexity index is 3150. The van der Waals surface area contributed by atoms with E-state index in [2.05, 4.69) is 242 Å². The minimum absolute atomic E-state index is 0. The van der Waals surface area contributed by atoms with Gasteiger partial charge in [0.15, 0.2) is 0 Å². The van der Waals surface area contributed by atoms with Gasteiger partial charge in [0.05, 0.1) is 12.1 Å². The molecule has 8 heteroatoms. The van der Waals surface area contributed by atoms with Crippen LogP contribution in [-0.4, -0.2) is 39.7 Å². The number of nitrogens with zero attached hydrogens (tertiary/aromatic N) is 4. The fourth-order valence-electron chi connectivity index (χ4n) is 11.9. The SMILES string of the molecule is CC(C)c1ccccc1C([N-]c1c(C(C)C)cccc1C(C)C)c1ccccn1.CC1CCCCC1N=Cc1cc(C(C)(C)C)cc(C(C)(C)C)c1O.CC1CCCCC1N=Cc1cc(C(C)(C)C)cc(C(C)(C)C)c1O.[CH3-].[CH3-].[CH3-].[CH3-].[Hf+4].[Zr+2].[c-]1ccc2ccccc2c1. The molecule has 2 fully saturated rings. The molecule has 2 saturated carbocycles. The summed E-state index contributed by atoms with van der Waals surface area (Å²) in [7, 11) is 0. The number of rotatable bonds is 11. The summed E-state index contributed by atoms with van der Waals surface area (Å²) in [5.41, 5.74) is 13.5. The first-order valence-corrected chi connectivity index (χ1v) is 32.9. The van der Waals surface area contributed by atoms with Gasteiger partial charge in [-0.2, -0.15) is 24.3 Å². The van der Waals surface area contributed by atoms with E-state index in [1.165, 1.54) is 95.5 Å². The predicted octanol–water partition coefficient (Wildman–Crippen LogP) is 24.7. The standard InChI is InChI=1S/C27H33N2.2C22H35NO.C10H7.4CH3.Hf.Zr/c1-18(2)21-12-7-8-13-24(21)27(25-16-9-10-17-28-25)29-26-22(19(3)4)14-11-15-23(26)20(5)6;2*1-15-10-8-9-11-19(15)23-14-16-12-17(21(2,3)4)13-18(20(16)24)22(5,6)7;1-2-6-10-8-4-3-7-9(10)5-1;;;;;;/h7-20,27H,1-6H3;2*12-15,19,24H,8-11H2,1-7H3;1-3,5-8H;4*1H3;;/q-1;;;5*-1;+4;+2. The Balaban J connectivity index is 0.00000123. The zero-order valence-corrected chi connectivity index (χ0v) is 68.4. The van der Waals surface area contributed by atoms with Gasteiger partial charge >= 0.3 is 52.0 Å². The van der Waals surface area contributed by atoms with Crippen LogP contribution in [-0.2, 0) is 73.7 Å². The van der Waals surface area contributed by atoms with E-state index in [0.29, 0.717) is 53.2 Å². The molecule has 0 radical (unpaired) electrons. The number of aromatic nitrogens is 1. The van der Waals surface area contributed by atoms with Gasteiger partial charge in [0.1, 0.15) is 11.5 Å². The summed E-state index contributed by atoms with van der Waals surface area (Å²) in [6.07, 6.45) is 15.8. The maximum absolute atomic E-state index is 10.8.